The molecule has 3 rings (SSSR count). The number of fused-ring (bicyclic) bond motifs is 2. The van der Waals surface area contributed by atoms with Crippen molar-refractivity contribution >= 4 is 31.5 Å². The van der Waals surface area contributed by atoms with Crippen LogP contribution in [0.25, 0.3) is 20.2 Å². The molecule has 0 radical (unpaired) electrons. The van der Waals surface area contributed by atoms with Crippen LogP contribution in [-0.4, -0.2) is 20.3 Å². The minimum Gasteiger partial charge on any atom is -0.490 e. The molecule has 0 saturated carbocycles. The van der Waals surface area contributed by atoms with E-state index in [2.05, 4.69) is 0 Å². The highest BCUT2D eigenvalue weighted by molar-refractivity contribution is 7.24. The van der Waals surface area contributed by atoms with Gasteiger partial charge in [0.2, 0.25) is 0 Å². The van der Waals surface area contributed by atoms with E-state index in [4.69, 9.17) is 9.47 Å². The summed E-state index contributed by atoms with van der Waals surface area (Å²) in [5.74, 6) is 0.743. The lowest BCUT2D eigenvalue weighted by Crippen LogP contribution is -2.06. The molecule has 0 aliphatic rings. The minimum absolute atomic E-state index is 0.0616. The third kappa shape index (κ3) is 2.28. The SMILES string of the molecule is COCCOc1cccc2c(=O)c3ccccc3sc12. The van der Waals surface area contributed by atoms with Crippen LogP contribution < -0.4 is 10.2 Å². The number of benzene rings is 2. The average Bonchev–Trinajstić information content (AvgIpc) is 2.48. The maximum atomic E-state index is 12.5. The molecule has 20 heavy (non-hydrogen) atoms. The van der Waals surface area contributed by atoms with Crippen molar-refractivity contribution in [3.05, 3.63) is 52.7 Å². The lowest BCUT2D eigenvalue weighted by atomic mass is 10.2. The van der Waals surface area contributed by atoms with Crippen molar-refractivity contribution in [1.29, 1.82) is 0 Å². The summed E-state index contributed by atoms with van der Waals surface area (Å²) in [7, 11) is 1.64. The molecule has 3 nitrogen and oxygen atoms in total. The predicted octanol–water partition coefficient (Wildman–Crippen LogP) is 3.44. The Bertz CT molecular complexity index is 808. The van der Waals surface area contributed by atoms with Crippen LogP contribution in [0.5, 0.6) is 5.75 Å². The quantitative estimate of drug-likeness (QED) is 0.544. The monoisotopic (exact) mass is 286 g/mol. The minimum atomic E-state index is 0.0616. The van der Waals surface area contributed by atoms with Gasteiger partial charge in [0.15, 0.2) is 5.43 Å². The summed E-state index contributed by atoms with van der Waals surface area (Å²) in [4.78, 5) is 12.5. The van der Waals surface area contributed by atoms with Crippen molar-refractivity contribution in [2.24, 2.45) is 0 Å². The van der Waals surface area contributed by atoms with E-state index < -0.39 is 0 Å². The highest BCUT2D eigenvalue weighted by atomic mass is 32.1. The Balaban J connectivity index is 2.21. The van der Waals surface area contributed by atoms with Crippen LogP contribution >= 0.6 is 11.3 Å². The second kappa shape index (κ2) is 5.61. The molecule has 0 saturated heterocycles. The maximum Gasteiger partial charge on any atom is 0.196 e. The maximum absolute atomic E-state index is 12.5. The van der Waals surface area contributed by atoms with E-state index in [-0.39, 0.29) is 5.43 Å². The smallest absolute Gasteiger partial charge is 0.196 e. The molecule has 0 N–H and O–H groups in total. The van der Waals surface area contributed by atoms with Crippen molar-refractivity contribution in [1.82, 2.24) is 0 Å². The van der Waals surface area contributed by atoms with Crippen LogP contribution in [0.2, 0.25) is 0 Å². The molecule has 4 heteroatoms. The van der Waals surface area contributed by atoms with Gasteiger partial charge in [-0.3, -0.25) is 4.79 Å². The third-order valence-electron chi connectivity index (χ3n) is 3.11. The molecule has 2 aromatic carbocycles. The Kier molecular flexibility index (Phi) is 3.67. The zero-order valence-electron chi connectivity index (χ0n) is 11.1. The van der Waals surface area contributed by atoms with Gasteiger partial charge in [0.1, 0.15) is 12.4 Å². The topological polar surface area (TPSA) is 35.5 Å². The molecule has 0 aliphatic heterocycles. The first-order chi connectivity index (χ1) is 9.81. The second-order valence-electron chi connectivity index (χ2n) is 4.40. The van der Waals surface area contributed by atoms with E-state index in [1.165, 1.54) is 0 Å². The largest absolute Gasteiger partial charge is 0.490 e. The lowest BCUT2D eigenvalue weighted by Gasteiger charge is -2.08. The molecule has 3 aromatic rings. The van der Waals surface area contributed by atoms with Gasteiger partial charge in [0.25, 0.3) is 0 Å². The number of hydrogen-bond acceptors (Lipinski definition) is 4. The van der Waals surface area contributed by atoms with Crippen molar-refractivity contribution in [3.8, 4) is 5.75 Å². The van der Waals surface area contributed by atoms with Crippen LogP contribution in [-0.2, 0) is 4.74 Å². The van der Waals surface area contributed by atoms with Crippen LogP contribution in [0.15, 0.2) is 47.3 Å². The first-order valence-electron chi connectivity index (χ1n) is 6.37. The second-order valence-corrected chi connectivity index (χ2v) is 5.45. The summed E-state index contributed by atoms with van der Waals surface area (Å²) in [5.41, 5.74) is 0.0616. The highest BCUT2D eigenvalue weighted by Gasteiger charge is 2.09. The molecule has 1 aromatic heterocycles. The van der Waals surface area contributed by atoms with Gasteiger partial charge < -0.3 is 9.47 Å². The summed E-state index contributed by atoms with van der Waals surface area (Å²) in [5, 5.41) is 1.47. The Morgan fingerprint density at radius 1 is 1.00 bits per heavy atom. The van der Waals surface area contributed by atoms with E-state index in [0.29, 0.717) is 18.6 Å². The number of methoxy groups -OCH3 is 1. The summed E-state index contributed by atoms with van der Waals surface area (Å²) in [6, 6.07) is 13.3. The molecule has 0 bridgehead atoms. The van der Waals surface area contributed by atoms with E-state index in [9.17, 15) is 4.79 Å². The van der Waals surface area contributed by atoms with Gasteiger partial charge in [-0.2, -0.15) is 0 Å². The van der Waals surface area contributed by atoms with Gasteiger partial charge >= 0.3 is 0 Å². The fourth-order valence-corrected chi connectivity index (χ4v) is 3.28. The average molecular weight is 286 g/mol. The lowest BCUT2D eigenvalue weighted by molar-refractivity contribution is 0.147. The molecule has 0 unspecified atom stereocenters. The number of rotatable bonds is 4. The zero-order chi connectivity index (χ0) is 13.9. The molecule has 0 spiro atoms. The van der Waals surface area contributed by atoms with Gasteiger partial charge in [0.05, 0.1) is 11.3 Å². The molecule has 1 heterocycles. The molecule has 0 atom stereocenters. The van der Waals surface area contributed by atoms with E-state index in [0.717, 1.165) is 20.5 Å². The third-order valence-corrected chi connectivity index (χ3v) is 4.31. The van der Waals surface area contributed by atoms with Gasteiger partial charge in [-0.1, -0.05) is 18.2 Å². The fraction of sp³-hybridized carbons (Fsp3) is 0.188. The Morgan fingerprint density at radius 2 is 1.80 bits per heavy atom. The van der Waals surface area contributed by atoms with Gasteiger partial charge in [-0.05, 0) is 24.3 Å². The first-order valence-corrected chi connectivity index (χ1v) is 7.19. The predicted molar refractivity (Wildman–Crippen MR) is 83.0 cm³/mol. The van der Waals surface area contributed by atoms with Crippen molar-refractivity contribution in [2.75, 3.05) is 20.3 Å². The normalized spacial score (nSPS) is 11.1. The molecule has 0 aliphatic carbocycles. The Hall–Kier alpha value is -1.91. The highest BCUT2D eigenvalue weighted by Crippen LogP contribution is 2.31. The molecule has 0 fully saturated rings. The van der Waals surface area contributed by atoms with Gasteiger partial charge in [-0.15, -0.1) is 11.3 Å². The van der Waals surface area contributed by atoms with E-state index in [1.54, 1.807) is 18.4 Å². The summed E-state index contributed by atoms with van der Waals surface area (Å²) >= 11 is 1.58. The van der Waals surface area contributed by atoms with Crippen molar-refractivity contribution < 1.29 is 9.47 Å². The molecular formula is C16H14O3S. The first kappa shape index (κ1) is 13.1. The van der Waals surface area contributed by atoms with E-state index in [1.807, 2.05) is 42.5 Å². The van der Waals surface area contributed by atoms with Gasteiger partial charge in [0, 0.05) is 22.6 Å². The zero-order valence-corrected chi connectivity index (χ0v) is 11.9. The van der Waals surface area contributed by atoms with Crippen molar-refractivity contribution in [2.45, 2.75) is 0 Å². The fourth-order valence-electron chi connectivity index (χ4n) is 2.15. The molecule has 0 amide bonds. The summed E-state index contributed by atoms with van der Waals surface area (Å²) in [6.45, 7) is 1.00. The van der Waals surface area contributed by atoms with Crippen molar-refractivity contribution in [3.63, 3.8) is 0 Å². The van der Waals surface area contributed by atoms with Crippen LogP contribution in [0.4, 0.5) is 0 Å². The van der Waals surface area contributed by atoms with Crippen LogP contribution in [0, 0.1) is 0 Å². The summed E-state index contributed by atoms with van der Waals surface area (Å²) in [6.07, 6.45) is 0. The van der Waals surface area contributed by atoms with Crippen LogP contribution in [0.3, 0.4) is 0 Å². The Labute approximate surface area is 120 Å². The standard InChI is InChI=1S/C16H14O3S/c1-18-9-10-19-13-7-4-6-12-15(17)11-5-2-3-8-14(11)20-16(12)13/h2-8H,9-10H2,1H3. The molecule has 102 valence electrons. The summed E-state index contributed by atoms with van der Waals surface area (Å²) < 4.78 is 12.6. The number of ether oxygens (including phenoxy) is 2. The number of hydrogen-bond donors (Lipinski definition) is 0. The van der Waals surface area contributed by atoms with Gasteiger partial charge in [-0.25, -0.2) is 0 Å². The molecular weight excluding hydrogens is 272 g/mol. The van der Waals surface area contributed by atoms with Crippen LogP contribution in [0.1, 0.15) is 0 Å². The Morgan fingerprint density at radius 3 is 2.65 bits per heavy atom. The van der Waals surface area contributed by atoms with E-state index >= 15 is 0 Å².